The first-order valence-corrected chi connectivity index (χ1v) is 7.89. The molecule has 1 heterocycles. The van der Waals surface area contributed by atoms with Crippen LogP contribution in [0, 0.1) is 11.6 Å². The predicted molar refractivity (Wildman–Crippen MR) is 93.9 cm³/mol. The Morgan fingerprint density at radius 3 is 2.50 bits per heavy atom. The van der Waals surface area contributed by atoms with Crippen LogP contribution in [-0.2, 0) is 11.3 Å². The van der Waals surface area contributed by atoms with E-state index in [0.717, 1.165) is 16.8 Å². The molecule has 3 rings (SSSR count). The molecule has 1 N–H and O–H groups in total. The maximum atomic E-state index is 13.6. The van der Waals surface area contributed by atoms with Crippen molar-refractivity contribution >= 4 is 23.2 Å². The molecule has 0 fully saturated rings. The number of amides is 1. The van der Waals surface area contributed by atoms with E-state index >= 15 is 0 Å². The Hall–Kier alpha value is -3.06. The molecule has 0 atom stereocenters. The highest BCUT2D eigenvalue weighted by molar-refractivity contribution is 6.30. The number of nitrogens with one attached hydrogen (secondary N) is 1. The van der Waals surface area contributed by atoms with Gasteiger partial charge in [0.15, 0.2) is 0 Å². The van der Waals surface area contributed by atoms with Gasteiger partial charge >= 0.3 is 0 Å². The van der Waals surface area contributed by atoms with Gasteiger partial charge in [0, 0.05) is 22.7 Å². The van der Waals surface area contributed by atoms with E-state index in [2.05, 4.69) is 10.4 Å². The molecule has 1 aromatic heterocycles. The standard InChI is InChI=1S/C18H12ClF2N3O2/c19-12-3-1-11(2-4-12)15-7-8-18(26)24(23-15)10-17(25)22-16-6-5-13(20)9-14(16)21/h1-9H,10H2,(H,22,25). The van der Waals surface area contributed by atoms with Gasteiger partial charge in [0.05, 0.1) is 11.4 Å². The van der Waals surface area contributed by atoms with E-state index in [-0.39, 0.29) is 5.69 Å². The average molecular weight is 376 g/mol. The fraction of sp³-hybridized carbons (Fsp3) is 0.0556. The molecule has 132 valence electrons. The van der Waals surface area contributed by atoms with Gasteiger partial charge in [-0.2, -0.15) is 5.10 Å². The van der Waals surface area contributed by atoms with Crippen molar-refractivity contribution in [3.63, 3.8) is 0 Å². The number of benzene rings is 2. The van der Waals surface area contributed by atoms with Crippen molar-refractivity contribution in [2.45, 2.75) is 6.54 Å². The number of carbonyl (C=O) groups is 1. The Morgan fingerprint density at radius 1 is 1.08 bits per heavy atom. The maximum absolute atomic E-state index is 13.6. The summed E-state index contributed by atoms with van der Waals surface area (Å²) in [4.78, 5) is 24.0. The summed E-state index contributed by atoms with van der Waals surface area (Å²) in [5.41, 5.74) is 0.519. The van der Waals surface area contributed by atoms with Gasteiger partial charge in [0.2, 0.25) is 5.91 Å². The molecule has 5 nitrogen and oxygen atoms in total. The smallest absolute Gasteiger partial charge is 0.267 e. The van der Waals surface area contributed by atoms with E-state index in [0.29, 0.717) is 22.3 Å². The lowest BCUT2D eigenvalue weighted by Gasteiger charge is -2.09. The molecule has 2 aromatic carbocycles. The van der Waals surface area contributed by atoms with E-state index in [1.54, 1.807) is 24.3 Å². The molecular formula is C18H12ClF2N3O2. The number of aromatic nitrogens is 2. The van der Waals surface area contributed by atoms with Crippen molar-refractivity contribution in [3.8, 4) is 11.3 Å². The molecule has 0 unspecified atom stereocenters. The summed E-state index contributed by atoms with van der Waals surface area (Å²) in [6.07, 6.45) is 0. The summed E-state index contributed by atoms with van der Waals surface area (Å²) >= 11 is 5.84. The number of anilines is 1. The molecule has 0 radical (unpaired) electrons. The minimum absolute atomic E-state index is 0.182. The van der Waals surface area contributed by atoms with Crippen LogP contribution >= 0.6 is 11.6 Å². The number of rotatable bonds is 4. The molecule has 0 aliphatic heterocycles. The lowest BCUT2D eigenvalue weighted by atomic mass is 10.1. The maximum Gasteiger partial charge on any atom is 0.267 e. The molecule has 0 spiro atoms. The molecule has 1 amide bonds. The van der Waals surface area contributed by atoms with Gasteiger partial charge in [0.1, 0.15) is 18.2 Å². The van der Waals surface area contributed by atoms with Crippen molar-refractivity contribution < 1.29 is 13.6 Å². The van der Waals surface area contributed by atoms with Crippen LogP contribution < -0.4 is 10.9 Å². The topological polar surface area (TPSA) is 64.0 Å². The molecule has 0 aliphatic rings. The van der Waals surface area contributed by atoms with Gasteiger partial charge in [-0.05, 0) is 30.3 Å². The van der Waals surface area contributed by atoms with Gasteiger partial charge < -0.3 is 5.32 Å². The highest BCUT2D eigenvalue weighted by Gasteiger charge is 2.11. The molecule has 26 heavy (non-hydrogen) atoms. The second kappa shape index (κ2) is 7.45. The highest BCUT2D eigenvalue weighted by Crippen LogP contribution is 2.18. The van der Waals surface area contributed by atoms with Gasteiger partial charge in [0.25, 0.3) is 5.56 Å². The molecule has 0 saturated carbocycles. The fourth-order valence-electron chi connectivity index (χ4n) is 2.25. The number of hydrogen-bond acceptors (Lipinski definition) is 3. The van der Waals surface area contributed by atoms with Crippen molar-refractivity contribution in [1.82, 2.24) is 9.78 Å². The van der Waals surface area contributed by atoms with Crippen LogP contribution in [0.25, 0.3) is 11.3 Å². The van der Waals surface area contributed by atoms with E-state index in [4.69, 9.17) is 11.6 Å². The summed E-state index contributed by atoms with van der Waals surface area (Å²) in [6, 6.07) is 12.4. The monoisotopic (exact) mass is 375 g/mol. The highest BCUT2D eigenvalue weighted by atomic mass is 35.5. The van der Waals surface area contributed by atoms with Gasteiger partial charge in [-0.1, -0.05) is 23.7 Å². The Balaban J connectivity index is 1.80. The largest absolute Gasteiger partial charge is 0.322 e. The zero-order valence-corrected chi connectivity index (χ0v) is 14.0. The second-order valence-corrected chi connectivity index (χ2v) is 5.83. The van der Waals surface area contributed by atoms with Gasteiger partial charge in [-0.25, -0.2) is 13.5 Å². The number of carbonyl (C=O) groups excluding carboxylic acids is 1. The molecular weight excluding hydrogens is 364 g/mol. The summed E-state index contributed by atoms with van der Waals surface area (Å²) in [5.74, 6) is -2.33. The van der Waals surface area contributed by atoms with Crippen LogP contribution in [0.2, 0.25) is 5.02 Å². The molecule has 8 heteroatoms. The zero-order valence-electron chi connectivity index (χ0n) is 13.2. The quantitative estimate of drug-likeness (QED) is 0.759. The van der Waals surface area contributed by atoms with E-state index in [1.165, 1.54) is 12.1 Å². The van der Waals surface area contributed by atoms with E-state index < -0.39 is 29.6 Å². The van der Waals surface area contributed by atoms with Crippen molar-refractivity contribution in [1.29, 1.82) is 0 Å². The van der Waals surface area contributed by atoms with Crippen LogP contribution in [0.3, 0.4) is 0 Å². The molecule has 0 saturated heterocycles. The first-order chi connectivity index (χ1) is 12.4. The number of hydrogen-bond donors (Lipinski definition) is 1. The summed E-state index contributed by atoms with van der Waals surface area (Å²) in [5, 5.41) is 6.98. The third kappa shape index (κ3) is 4.12. The second-order valence-electron chi connectivity index (χ2n) is 5.39. The predicted octanol–water partition coefficient (Wildman–Crippen LogP) is 3.48. The third-order valence-corrected chi connectivity index (χ3v) is 3.76. The Labute approximate surface area is 151 Å². The minimum atomic E-state index is -0.909. The van der Waals surface area contributed by atoms with Crippen molar-refractivity contribution in [2.75, 3.05) is 5.32 Å². The lowest BCUT2D eigenvalue weighted by Crippen LogP contribution is -2.29. The molecule has 0 bridgehead atoms. The first kappa shape index (κ1) is 17.8. The average Bonchev–Trinajstić information content (AvgIpc) is 2.60. The Kier molecular flexibility index (Phi) is 5.09. The summed E-state index contributed by atoms with van der Waals surface area (Å²) in [7, 11) is 0. The molecule has 0 aliphatic carbocycles. The molecule has 3 aromatic rings. The van der Waals surface area contributed by atoms with Crippen LogP contribution in [0.5, 0.6) is 0 Å². The summed E-state index contributed by atoms with van der Waals surface area (Å²) < 4.78 is 27.5. The van der Waals surface area contributed by atoms with Crippen molar-refractivity contribution in [2.24, 2.45) is 0 Å². The Bertz CT molecular complexity index is 1020. The first-order valence-electron chi connectivity index (χ1n) is 7.51. The van der Waals surface area contributed by atoms with E-state index in [9.17, 15) is 18.4 Å². The van der Waals surface area contributed by atoms with Crippen LogP contribution in [-0.4, -0.2) is 15.7 Å². The van der Waals surface area contributed by atoms with Gasteiger partial charge in [-0.15, -0.1) is 0 Å². The van der Waals surface area contributed by atoms with Crippen LogP contribution in [0.1, 0.15) is 0 Å². The fourth-order valence-corrected chi connectivity index (χ4v) is 2.38. The van der Waals surface area contributed by atoms with Crippen molar-refractivity contribution in [3.05, 3.63) is 81.6 Å². The SMILES string of the molecule is O=C(Cn1nc(-c2ccc(Cl)cc2)ccc1=O)Nc1ccc(F)cc1F. The van der Waals surface area contributed by atoms with Gasteiger partial charge in [-0.3, -0.25) is 9.59 Å². The lowest BCUT2D eigenvalue weighted by molar-refractivity contribution is -0.117. The number of halogens is 3. The minimum Gasteiger partial charge on any atom is -0.322 e. The normalized spacial score (nSPS) is 10.6. The Morgan fingerprint density at radius 2 is 1.81 bits per heavy atom. The summed E-state index contributed by atoms with van der Waals surface area (Å²) in [6.45, 7) is -0.420. The number of nitrogens with zero attached hydrogens (tertiary/aromatic N) is 2. The van der Waals surface area contributed by atoms with E-state index in [1.807, 2.05) is 0 Å². The third-order valence-electron chi connectivity index (χ3n) is 3.51. The zero-order chi connectivity index (χ0) is 18.7. The van der Waals surface area contributed by atoms with Crippen LogP contribution in [0.4, 0.5) is 14.5 Å². The van der Waals surface area contributed by atoms with Crippen LogP contribution in [0.15, 0.2) is 59.4 Å².